The minimum absolute atomic E-state index is 0.243. The van der Waals surface area contributed by atoms with Crippen LogP contribution in [0.3, 0.4) is 0 Å². The first kappa shape index (κ1) is 14.8. The van der Waals surface area contributed by atoms with Gasteiger partial charge in [0.2, 0.25) is 0 Å². The van der Waals surface area contributed by atoms with E-state index in [1.807, 2.05) is 30.5 Å². The van der Waals surface area contributed by atoms with Gasteiger partial charge >= 0.3 is 0 Å². The van der Waals surface area contributed by atoms with Crippen LogP contribution >= 0.6 is 24.0 Å². The van der Waals surface area contributed by atoms with Crippen LogP contribution in [0.5, 0.6) is 0 Å². The van der Waals surface area contributed by atoms with Crippen LogP contribution in [0.2, 0.25) is 0 Å². The van der Waals surface area contributed by atoms with Gasteiger partial charge in [0.05, 0.1) is 0 Å². The molecule has 0 aliphatic heterocycles. The zero-order valence-electron chi connectivity index (χ0n) is 11.2. The van der Waals surface area contributed by atoms with Crippen molar-refractivity contribution in [1.29, 1.82) is 0 Å². The third-order valence-electron chi connectivity index (χ3n) is 3.03. The molecule has 2 rings (SSSR count). The van der Waals surface area contributed by atoms with E-state index in [9.17, 15) is 4.39 Å². The van der Waals surface area contributed by atoms with Crippen LogP contribution in [-0.4, -0.2) is 11.2 Å². The van der Waals surface area contributed by atoms with E-state index in [-0.39, 0.29) is 5.82 Å². The van der Waals surface area contributed by atoms with Gasteiger partial charge in [-0.25, -0.2) is 4.39 Å². The second-order valence-corrected chi connectivity index (χ2v) is 5.57. The van der Waals surface area contributed by atoms with Crippen molar-refractivity contribution in [1.82, 2.24) is 0 Å². The molecule has 0 aromatic heterocycles. The number of thioether (sulfide) groups is 1. The quantitative estimate of drug-likeness (QED) is 0.655. The molecular formula is C15H15FN2S2. The molecule has 0 amide bonds. The summed E-state index contributed by atoms with van der Waals surface area (Å²) in [5, 5.41) is 3.22. The van der Waals surface area contributed by atoms with Gasteiger partial charge in [0.1, 0.15) is 10.8 Å². The number of anilines is 2. The number of nitrogens with one attached hydrogen (secondary N) is 1. The zero-order chi connectivity index (χ0) is 14.7. The molecule has 0 heterocycles. The lowest BCUT2D eigenvalue weighted by Gasteiger charge is -2.16. The second kappa shape index (κ2) is 6.24. The Morgan fingerprint density at radius 3 is 2.50 bits per heavy atom. The van der Waals surface area contributed by atoms with Crippen molar-refractivity contribution >= 4 is 40.3 Å². The number of benzene rings is 2. The molecule has 0 atom stereocenters. The monoisotopic (exact) mass is 306 g/mol. The largest absolute Gasteiger partial charge is 0.389 e. The molecule has 2 aromatic rings. The third kappa shape index (κ3) is 2.94. The van der Waals surface area contributed by atoms with Gasteiger partial charge in [-0.1, -0.05) is 24.4 Å². The summed E-state index contributed by atoms with van der Waals surface area (Å²) in [6.07, 6.45) is 1.97. The zero-order valence-corrected chi connectivity index (χ0v) is 12.9. The smallest absolute Gasteiger partial charge is 0.128 e. The van der Waals surface area contributed by atoms with E-state index in [0.717, 1.165) is 16.1 Å². The fourth-order valence-electron chi connectivity index (χ4n) is 1.95. The lowest BCUT2D eigenvalue weighted by molar-refractivity contribution is 0.619. The van der Waals surface area contributed by atoms with Crippen molar-refractivity contribution in [3.63, 3.8) is 0 Å². The fourth-order valence-corrected chi connectivity index (χ4v) is 2.87. The van der Waals surface area contributed by atoms with Crippen LogP contribution in [-0.2, 0) is 0 Å². The third-order valence-corrected chi connectivity index (χ3v) is 4.01. The summed E-state index contributed by atoms with van der Waals surface area (Å²) in [7, 11) is 0. The Balaban J connectivity index is 2.48. The highest BCUT2D eigenvalue weighted by atomic mass is 32.2. The molecule has 2 nitrogen and oxygen atoms in total. The van der Waals surface area contributed by atoms with Gasteiger partial charge in [0.15, 0.2) is 0 Å². The molecule has 0 spiro atoms. The summed E-state index contributed by atoms with van der Waals surface area (Å²) >= 11 is 6.70. The maximum atomic E-state index is 13.6. The first-order valence-corrected chi connectivity index (χ1v) is 7.67. The van der Waals surface area contributed by atoms with Crippen molar-refractivity contribution in [2.75, 3.05) is 11.6 Å². The summed E-state index contributed by atoms with van der Waals surface area (Å²) in [5.74, 6) is -0.243. The Kier molecular flexibility index (Phi) is 4.62. The lowest BCUT2D eigenvalue weighted by Crippen LogP contribution is -2.13. The number of nitrogens with two attached hydrogens (primary N) is 1. The van der Waals surface area contributed by atoms with E-state index in [1.54, 1.807) is 24.8 Å². The van der Waals surface area contributed by atoms with Gasteiger partial charge in [0.25, 0.3) is 0 Å². The predicted molar refractivity (Wildman–Crippen MR) is 88.5 cm³/mol. The Morgan fingerprint density at radius 1 is 1.20 bits per heavy atom. The van der Waals surface area contributed by atoms with E-state index >= 15 is 0 Å². The van der Waals surface area contributed by atoms with Gasteiger partial charge in [-0.15, -0.1) is 11.8 Å². The second-order valence-electron chi connectivity index (χ2n) is 4.28. The molecule has 0 bridgehead atoms. The number of hydrogen-bond acceptors (Lipinski definition) is 3. The molecule has 0 unspecified atom stereocenters. The van der Waals surface area contributed by atoms with Gasteiger partial charge in [-0.2, -0.15) is 0 Å². The molecule has 104 valence electrons. The van der Waals surface area contributed by atoms with Gasteiger partial charge in [-0.3, -0.25) is 0 Å². The average molecular weight is 306 g/mol. The van der Waals surface area contributed by atoms with Gasteiger partial charge < -0.3 is 11.1 Å². The summed E-state index contributed by atoms with van der Waals surface area (Å²) in [6, 6.07) is 10.7. The number of thiocarbonyl (C=S) groups is 1. The molecule has 2 aromatic carbocycles. The van der Waals surface area contributed by atoms with E-state index in [4.69, 9.17) is 18.0 Å². The van der Waals surface area contributed by atoms with E-state index in [0.29, 0.717) is 16.2 Å². The highest BCUT2D eigenvalue weighted by molar-refractivity contribution is 7.98. The standard InChI is InChI=1S/C15H15FN2S2/c1-9-10(16)5-3-6-11(9)18-12-7-4-8-13(20-2)14(12)15(17)19/h3-8,18H,1-2H3,(H2,17,19). The predicted octanol–water partition coefficient (Wildman–Crippen LogP) is 4.23. The average Bonchev–Trinajstić information content (AvgIpc) is 2.43. The minimum atomic E-state index is -0.243. The summed E-state index contributed by atoms with van der Waals surface area (Å²) in [5.41, 5.74) is 8.67. The molecule has 20 heavy (non-hydrogen) atoms. The maximum absolute atomic E-state index is 13.6. The molecule has 0 aliphatic carbocycles. The van der Waals surface area contributed by atoms with Crippen LogP contribution in [0.25, 0.3) is 0 Å². The molecule has 0 fully saturated rings. The van der Waals surface area contributed by atoms with Crippen LogP contribution in [0.4, 0.5) is 15.8 Å². The summed E-state index contributed by atoms with van der Waals surface area (Å²) < 4.78 is 13.6. The normalized spacial score (nSPS) is 10.3. The SMILES string of the molecule is CSc1cccc(Nc2cccc(F)c2C)c1C(N)=S. The van der Waals surface area contributed by atoms with E-state index < -0.39 is 0 Å². The molecule has 0 saturated carbocycles. The topological polar surface area (TPSA) is 38.0 Å². The molecule has 3 N–H and O–H groups in total. The van der Waals surface area contributed by atoms with Crippen molar-refractivity contribution < 1.29 is 4.39 Å². The Bertz CT molecular complexity index is 656. The number of rotatable bonds is 4. The van der Waals surface area contributed by atoms with Crippen molar-refractivity contribution in [2.45, 2.75) is 11.8 Å². The Hall–Kier alpha value is -1.59. The highest BCUT2D eigenvalue weighted by Crippen LogP contribution is 2.30. The molecular weight excluding hydrogens is 291 g/mol. The van der Waals surface area contributed by atoms with Crippen LogP contribution in [0.15, 0.2) is 41.3 Å². The van der Waals surface area contributed by atoms with E-state index in [2.05, 4.69) is 5.32 Å². The van der Waals surface area contributed by atoms with Crippen LogP contribution in [0, 0.1) is 12.7 Å². The molecule has 5 heteroatoms. The summed E-state index contributed by atoms with van der Waals surface area (Å²) in [6.45, 7) is 1.73. The number of halogens is 1. The Labute approximate surface area is 127 Å². The van der Waals surface area contributed by atoms with Crippen LogP contribution < -0.4 is 11.1 Å². The molecule has 0 radical (unpaired) electrons. The lowest BCUT2D eigenvalue weighted by atomic mass is 10.1. The Morgan fingerprint density at radius 2 is 1.85 bits per heavy atom. The highest BCUT2D eigenvalue weighted by Gasteiger charge is 2.12. The minimum Gasteiger partial charge on any atom is -0.389 e. The fraction of sp³-hybridized carbons (Fsp3) is 0.133. The first-order valence-electron chi connectivity index (χ1n) is 6.03. The van der Waals surface area contributed by atoms with E-state index in [1.165, 1.54) is 6.07 Å². The molecule has 0 aliphatic rings. The van der Waals surface area contributed by atoms with Crippen molar-refractivity contribution in [3.8, 4) is 0 Å². The van der Waals surface area contributed by atoms with Gasteiger partial charge in [-0.05, 0) is 37.4 Å². The number of hydrogen-bond donors (Lipinski definition) is 2. The van der Waals surface area contributed by atoms with Gasteiger partial charge in [0, 0.05) is 27.4 Å². The van der Waals surface area contributed by atoms with Crippen molar-refractivity contribution in [2.24, 2.45) is 5.73 Å². The summed E-state index contributed by atoms with van der Waals surface area (Å²) in [4.78, 5) is 1.32. The van der Waals surface area contributed by atoms with Crippen molar-refractivity contribution in [3.05, 3.63) is 53.3 Å². The maximum Gasteiger partial charge on any atom is 0.128 e. The first-order chi connectivity index (χ1) is 9.54. The molecule has 0 saturated heterocycles. The van der Waals surface area contributed by atoms with Crippen LogP contribution in [0.1, 0.15) is 11.1 Å².